The summed E-state index contributed by atoms with van der Waals surface area (Å²) in [4.78, 5) is 2.93. The second-order valence-corrected chi connectivity index (χ2v) is 6.80. The molecule has 0 spiro atoms. The summed E-state index contributed by atoms with van der Waals surface area (Å²) < 4.78 is 78.5. The lowest BCUT2D eigenvalue weighted by atomic mass is 9.91. The highest BCUT2D eigenvalue weighted by atomic mass is 19.4. The average Bonchev–Trinajstić information content (AvgIpc) is 3.06. The largest absolute Gasteiger partial charge is 0.430 e. The normalized spacial score (nSPS) is 14.3. The molecule has 0 amide bonds. The molecule has 0 saturated carbocycles. The van der Waals surface area contributed by atoms with Gasteiger partial charge in [0.15, 0.2) is 0 Å². The Morgan fingerprint density at radius 1 is 0.862 bits per heavy atom. The molecule has 1 unspecified atom stereocenters. The van der Waals surface area contributed by atoms with Crippen LogP contribution in [-0.2, 0) is 12.0 Å². The molecular formula is C20H17F6NO2. The van der Waals surface area contributed by atoms with Gasteiger partial charge in [-0.3, -0.25) is 0 Å². The Bertz CT molecular complexity index is 964. The van der Waals surface area contributed by atoms with Gasteiger partial charge in [0.2, 0.25) is 0 Å². The van der Waals surface area contributed by atoms with Crippen LogP contribution in [0.2, 0.25) is 0 Å². The number of halogens is 6. The molecule has 156 valence electrons. The van der Waals surface area contributed by atoms with Gasteiger partial charge in [-0.15, -0.1) is 0 Å². The summed E-state index contributed by atoms with van der Waals surface area (Å²) in [5, 5.41) is 19.3. The number of benzene rings is 2. The average molecular weight is 417 g/mol. The molecule has 3 rings (SSSR count). The van der Waals surface area contributed by atoms with Crippen LogP contribution in [0, 0.1) is 0 Å². The summed E-state index contributed by atoms with van der Waals surface area (Å²) in [5.41, 5.74) is -4.58. The lowest BCUT2D eigenvalue weighted by Gasteiger charge is -2.32. The van der Waals surface area contributed by atoms with E-state index >= 15 is 0 Å². The van der Waals surface area contributed by atoms with E-state index in [9.17, 15) is 36.6 Å². The van der Waals surface area contributed by atoms with E-state index in [-0.39, 0.29) is 17.9 Å². The molecule has 1 aromatic heterocycles. The molecule has 29 heavy (non-hydrogen) atoms. The molecule has 3 aromatic rings. The van der Waals surface area contributed by atoms with Crippen molar-refractivity contribution >= 4 is 10.9 Å². The minimum atomic E-state index is -5.94. The number of H-pyrrole nitrogens is 1. The van der Waals surface area contributed by atoms with Crippen molar-refractivity contribution in [2.45, 2.75) is 30.3 Å². The maximum atomic E-state index is 13.1. The SMILES string of the molecule is OCC(Cc1cc2cc(C(O)(C(F)(F)F)C(F)(F)F)ccc2[nH]1)c1ccccc1. The lowest BCUT2D eigenvalue weighted by molar-refractivity contribution is -0.376. The first-order chi connectivity index (χ1) is 13.5. The van der Waals surface area contributed by atoms with E-state index in [1.807, 2.05) is 18.2 Å². The molecule has 1 heterocycles. The first-order valence-corrected chi connectivity index (χ1v) is 8.61. The van der Waals surface area contributed by atoms with Gasteiger partial charge < -0.3 is 15.2 Å². The molecule has 9 heteroatoms. The van der Waals surface area contributed by atoms with Crippen molar-refractivity contribution < 1.29 is 36.6 Å². The van der Waals surface area contributed by atoms with E-state index in [1.165, 1.54) is 6.07 Å². The summed E-state index contributed by atoms with van der Waals surface area (Å²) in [6.07, 6.45) is -11.6. The third kappa shape index (κ3) is 3.84. The Morgan fingerprint density at radius 3 is 2.03 bits per heavy atom. The van der Waals surface area contributed by atoms with Gasteiger partial charge in [-0.25, -0.2) is 0 Å². The van der Waals surface area contributed by atoms with Crippen LogP contribution in [0.4, 0.5) is 26.3 Å². The van der Waals surface area contributed by atoms with E-state index in [2.05, 4.69) is 4.98 Å². The number of aliphatic hydroxyl groups is 2. The van der Waals surface area contributed by atoms with Gasteiger partial charge in [-0.05, 0) is 30.2 Å². The molecule has 3 nitrogen and oxygen atoms in total. The number of aromatic amines is 1. The predicted octanol–water partition coefficient (Wildman–Crippen LogP) is 4.80. The van der Waals surface area contributed by atoms with Crippen molar-refractivity contribution in [3.63, 3.8) is 0 Å². The molecule has 0 bridgehead atoms. The minimum absolute atomic E-state index is 0.0918. The number of rotatable bonds is 5. The number of nitrogens with one attached hydrogen (secondary N) is 1. The van der Waals surface area contributed by atoms with Gasteiger partial charge in [-0.1, -0.05) is 36.4 Å². The molecule has 0 radical (unpaired) electrons. The van der Waals surface area contributed by atoms with Crippen LogP contribution in [0.5, 0.6) is 0 Å². The number of hydrogen-bond acceptors (Lipinski definition) is 2. The predicted molar refractivity (Wildman–Crippen MR) is 94.3 cm³/mol. The fourth-order valence-electron chi connectivity index (χ4n) is 3.29. The number of hydrogen-bond donors (Lipinski definition) is 3. The Hall–Kier alpha value is -2.52. The second kappa shape index (κ2) is 7.38. The topological polar surface area (TPSA) is 56.2 Å². The van der Waals surface area contributed by atoms with E-state index < -0.39 is 23.5 Å². The quantitative estimate of drug-likeness (QED) is 0.523. The van der Waals surface area contributed by atoms with Gasteiger partial charge in [0.1, 0.15) is 0 Å². The van der Waals surface area contributed by atoms with Crippen LogP contribution in [0.15, 0.2) is 54.6 Å². The first kappa shape index (κ1) is 21.2. The summed E-state index contributed by atoms with van der Waals surface area (Å²) in [5.74, 6) is -0.300. The smallest absolute Gasteiger partial charge is 0.396 e. The van der Waals surface area contributed by atoms with E-state index in [0.717, 1.165) is 11.6 Å². The van der Waals surface area contributed by atoms with Gasteiger partial charge in [0, 0.05) is 28.1 Å². The highest BCUT2D eigenvalue weighted by Gasteiger charge is 2.71. The lowest BCUT2D eigenvalue weighted by Crippen LogP contribution is -2.53. The zero-order valence-corrected chi connectivity index (χ0v) is 14.8. The van der Waals surface area contributed by atoms with E-state index in [1.54, 1.807) is 12.1 Å². The number of alkyl halides is 6. The van der Waals surface area contributed by atoms with Crippen LogP contribution in [0.3, 0.4) is 0 Å². The molecule has 1 atom stereocenters. The highest BCUT2D eigenvalue weighted by Crippen LogP contribution is 2.50. The molecule has 2 aromatic carbocycles. The van der Waals surface area contributed by atoms with Crippen LogP contribution < -0.4 is 0 Å². The Labute approximate surface area is 161 Å². The fourth-order valence-corrected chi connectivity index (χ4v) is 3.29. The summed E-state index contributed by atoms with van der Waals surface area (Å²) in [6.45, 7) is -0.188. The van der Waals surface area contributed by atoms with Crippen molar-refractivity contribution in [3.8, 4) is 0 Å². The van der Waals surface area contributed by atoms with Crippen LogP contribution in [-0.4, -0.2) is 34.2 Å². The van der Waals surface area contributed by atoms with Gasteiger partial charge in [-0.2, -0.15) is 26.3 Å². The molecule has 0 aliphatic heterocycles. The Morgan fingerprint density at radius 2 is 1.48 bits per heavy atom. The zero-order chi connectivity index (χ0) is 21.4. The van der Waals surface area contributed by atoms with Crippen LogP contribution in [0.1, 0.15) is 22.7 Å². The van der Waals surface area contributed by atoms with Gasteiger partial charge in [0.05, 0.1) is 6.61 Å². The van der Waals surface area contributed by atoms with Gasteiger partial charge >= 0.3 is 12.4 Å². The standard InChI is InChI=1S/C20H17F6NO2/c21-19(22,23)18(29,20(24,25)26)15-6-7-17-13(8-15)9-16(27-17)10-14(11-28)12-4-2-1-3-5-12/h1-9,14,27-29H,10-11H2. The third-order valence-corrected chi connectivity index (χ3v) is 4.87. The van der Waals surface area contributed by atoms with Crippen LogP contribution >= 0.6 is 0 Å². The molecule has 0 fully saturated rings. The van der Waals surface area contributed by atoms with Crippen molar-refractivity contribution in [3.05, 3.63) is 71.4 Å². The first-order valence-electron chi connectivity index (χ1n) is 8.61. The monoisotopic (exact) mass is 417 g/mol. The van der Waals surface area contributed by atoms with Crippen molar-refractivity contribution in [2.24, 2.45) is 0 Å². The Kier molecular flexibility index (Phi) is 5.40. The second-order valence-electron chi connectivity index (χ2n) is 6.80. The van der Waals surface area contributed by atoms with Crippen molar-refractivity contribution in [2.75, 3.05) is 6.61 Å². The summed E-state index contributed by atoms with van der Waals surface area (Å²) in [6, 6.07) is 12.8. The Balaban J connectivity index is 1.98. The number of fused-ring (bicyclic) bond motifs is 1. The van der Waals surface area contributed by atoms with Gasteiger partial charge in [0.25, 0.3) is 5.60 Å². The fraction of sp³-hybridized carbons (Fsp3) is 0.300. The molecular weight excluding hydrogens is 400 g/mol. The molecule has 3 N–H and O–H groups in total. The van der Waals surface area contributed by atoms with E-state index in [0.29, 0.717) is 29.8 Å². The maximum absolute atomic E-state index is 13.1. The van der Waals surface area contributed by atoms with Crippen molar-refractivity contribution in [1.29, 1.82) is 0 Å². The number of aliphatic hydroxyl groups excluding tert-OH is 1. The minimum Gasteiger partial charge on any atom is -0.396 e. The van der Waals surface area contributed by atoms with E-state index in [4.69, 9.17) is 0 Å². The summed E-state index contributed by atoms with van der Waals surface area (Å²) in [7, 11) is 0. The third-order valence-electron chi connectivity index (χ3n) is 4.87. The summed E-state index contributed by atoms with van der Waals surface area (Å²) >= 11 is 0. The maximum Gasteiger partial charge on any atom is 0.430 e. The van der Waals surface area contributed by atoms with Crippen LogP contribution in [0.25, 0.3) is 10.9 Å². The van der Waals surface area contributed by atoms with Crippen molar-refractivity contribution in [1.82, 2.24) is 4.98 Å². The highest BCUT2D eigenvalue weighted by molar-refractivity contribution is 5.81. The zero-order valence-electron chi connectivity index (χ0n) is 14.8. The molecule has 0 saturated heterocycles. The molecule has 0 aliphatic rings. The molecule has 0 aliphatic carbocycles. The number of aromatic nitrogens is 1.